The van der Waals surface area contributed by atoms with Crippen LogP contribution in [-0.2, 0) is 17.1 Å². The summed E-state index contributed by atoms with van der Waals surface area (Å²) in [7, 11) is 0. The van der Waals surface area contributed by atoms with E-state index < -0.39 is 0 Å². The van der Waals surface area contributed by atoms with Gasteiger partial charge >= 0.3 is 17.1 Å². The summed E-state index contributed by atoms with van der Waals surface area (Å²) in [5, 5.41) is 24.0. The number of hydrogen-bond donors (Lipinski definition) is 0. The predicted octanol–water partition coefficient (Wildman–Crippen LogP) is 3.17. The van der Waals surface area contributed by atoms with E-state index in [-0.39, 0.29) is 17.1 Å². The average Bonchev–Trinajstić information content (AvgIpc) is 2.92. The molecule has 0 saturated carbocycles. The fourth-order valence-electron chi connectivity index (χ4n) is 1.00. The molecule has 0 amide bonds. The van der Waals surface area contributed by atoms with E-state index in [2.05, 4.69) is 22.2 Å². The zero-order valence-electron chi connectivity index (χ0n) is 8.68. The number of hydrogen-bond acceptors (Lipinski definition) is 2. The van der Waals surface area contributed by atoms with Crippen LogP contribution in [0, 0.1) is 22.6 Å². The molecule has 0 aliphatic rings. The van der Waals surface area contributed by atoms with E-state index >= 15 is 0 Å². The summed E-state index contributed by atoms with van der Waals surface area (Å²) in [6, 6.07) is 18.9. The van der Waals surface area contributed by atoms with Gasteiger partial charge in [-0.25, -0.2) is 0 Å². The Balaban J connectivity index is 0.000000284. The van der Waals surface area contributed by atoms with Crippen LogP contribution < -0.4 is 0 Å². The van der Waals surface area contributed by atoms with E-state index in [1.165, 1.54) is 0 Å². The van der Waals surface area contributed by atoms with Gasteiger partial charge in [0.1, 0.15) is 0 Å². The average molecular weight is 268 g/mol. The molecule has 0 atom stereocenters. The van der Waals surface area contributed by atoms with Crippen molar-refractivity contribution in [1.29, 1.82) is 0 Å². The van der Waals surface area contributed by atoms with Crippen molar-refractivity contribution in [2.75, 3.05) is 0 Å². The minimum absolute atomic E-state index is 0. The molecule has 0 heterocycles. The molecule has 5 heteroatoms. The Morgan fingerprint density at radius 3 is 1.53 bits per heavy atom. The summed E-state index contributed by atoms with van der Waals surface area (Å²) >= 11 is 0. The summed E-state index contributed by atoms with van der Waals surface area (Å²) in [6.07, 6.45) is 0. The maximum absolute atomic E-state index is 9.51. The molecule has 0 unspecified atom stereocenters. The van der Waals surface area contributed by atoms with Gasteiger partial charge in [0.2, 0.25) is 12.1 Å². The first kappa shape index (κ1) is 14.8. The Hall–Kier alpha value is -2.20. The molecule has 0 aliphatic heterocycles. The van der Waals surface area contributed by atoms with Gasteiger partial charge in [0.15, 0.2) is 0 Å². The third-order valence-electron chi connectivity index (χ3n) is 1.67. The van der Waals surface area contributed by atoms with E-state index in [4.69, 9.17) is 0 Å². The van der Waals surface area contributed by atoms with Gasteiger partial charge in [-0.2, -0.15) is 36.4 Å². The molecule has 0 N–H and O–H groups in total. The first-order valence-electron chi connectivity index (χ1n) is 4.47. The maximum atomic E-state index is 9.51. The van der Waals surface area contributed by atoms with Gasteiger partial charge in [-0.15, -0.1) is 12.1 Å². The monoisotopic (exact) mass is 268 g/mol. The minimum Gasteiger partial charge on any atom is -0.508 e. The van der Waals surface area contributed by atoms with E-state index in [0.29, 0.717) is 0 Å². The molecule has 17 heavy (non-hydrogen) atoms. The Morgan fingerprint density at radius 2 is 1.29 bits per heavy atom. The second-order valence-electron chi connectivity index (χ2n) is 2.75. The summed E-state index contributed by atoms with van der Waals surface area (Å²) in [4.78, 5) is 0. The van der Waals surface area contributed by atoms with Crippen molar-refractivity contribution in [3.05, 3.63) is 80.1 Å². The van der Waals surface area contributed by atoms with Gasteiger partial charge in [-0.3, -0.25) is 0 Å². The van der Waals surface area contributed by atoms with Gasteiger partial charge < -0.3 is 10.4 Å². The molecule has 0 aliphatic carbocycles. The van der Waals surface area contributed by atoms with Gasteiger partial charge in [0.05, 0.1) is 0 Å². The quantitative estimate of drug-likeness (QED) is 0.418. The molecule has 0 aromatic heterocycles. The SMILES string of the molecule is [Fe+2].[O-][N+]#Cc1ccc[cH-]1.[O-][N+]#Cc1ccc[cH-]1. The smallest absolute Gasteiger partial charge is 0.508 e. The topological polar surface area (TPSA) is 54.8 Å². The molecule has 0 fully saturated rings. The van der Waals surface area contributed by atoms with Gasteiger partial charge in [-0.05, 0) is 11.1 Å². The molecule has 2 aromatic carbocycles. The van der Waals surface area contributed by atoms with Crippen LogP contribution in [0.4, 0.5) is 0 Å². The first-order chi connectivity index (χ1) is 7.86. The van der Waals surface area contributed by atoms with Gasteiger partial charge in [-0.1, -0.05) is 10.0 Å². The van der Waals surface area contributed by atoms with Gasteiger partial charge in [0, 0.05) is 0 Å². The number of nitrogens with zero attached hydrogens (tertiary/aromatic N) is 2. The Kier molecular flexibility index (Phi) is 7.88. The molecular weight excluding hydrogens is 260 g/mol. The molecule has 2 rings (SSSR count). The summed E-state index contributed by atoms with van der Waals surface area (Å²) in [5.74, 6) is 0. The first-order valence-corrected chi connectivity index (χ1v) is 4.47. The van der Waals surface area contributed by atoms with Crippen molar-refractivity contribution in [3.63, 3.8) is 0 Å². The van der Waals surface area contributed by atoms with Crippen molar-refractivity contribution >= 4 is 0 Å². The summed E-state index contributed by atoms with van der Waals surface area (Å²) < 4.78 is 0. The van der Waals surface area contributed by atoms with Crippen LogP contribution in [0.3, 0.4) is 0 Å². The van der Waals surface area contributed by atoms with E-state index in [1.807, 2.05) is 24.3 Å². The predicted molar refractivity (Wildman–Crippen MR) is 63.5 cm³/mol. The van der Waals surface area contributed by atoms with E-state index in [1.54, 1.807) is 24.3 Å². The zero-order valence-corrected chi connectivity index (χ0v) is 9.79. The van der Waals surface area contributed by atoms with Crippen LogP contribution in [0.2, 0.25) is 0 Å². The fraction of sp³-hybridized carbons (Fsp3) is 0. The van der Waals surface area contributed by atoms with E-state index in [0.717, 1.165) is 11.1 Å². The van der Waals surface area contributed by atoms with Crippen LogP contribution >= 0.6 is 0 Å². The summed E-state index contributed by atoms with van der Waals surface area (Å²) in [5.41, 5.74) is 1.47. The second-order valence-corrected chi connectivity index (χ2v) is 2.75. The maximum Gasteiger partial charge on any atom is 2.00 e. The summed E-state index contributed by atoms with van der Waals surface area (Å²) in [6.45, 7) is 0. The Bertz CT molecular complexity index is 460. The zero-order chi connectivity index (χ0) is 11.6. The number of rotatable bonds is 0. The normalized spacial score (nSPS) is 7.06. The van der Waals surface area contributed by atoms with Crippen molar-refractivity contribution in [1.82, 2.24) is 0 Å². The molecule has 0 spiro atoms. The fourth-order valence-corrected chi connectivity index (χ4v) is 1.00. The van der Waals surface area contributed by atoms with Gasteiger partial charge in [0.25, 0.3) is 0 Å². The third kappa shape index (κ3) is 6.06. The Morgan fingerprint density at radius 1 is 0.882 bits per heavy atom. The molecular formula is C12H8FeN2O2. The third-order valence-corrected chi connectivity index (χ3v) is 1.67. The van der Waals surface area contributed by atoms with E-state index in [9.17, 15) is 10.4 Å². The van der Waals surface area contributed by atoms with Crippen molar-refractivity contribution in [3.8, 4) is 12.1 Å². The second kappa shape index (κ2) is 9.06. The minimum atomic E-state index is 0. The molecule has 0 radical (unpaired) electrons. The molecule has 2 aromatic rings. The van der Waals surface area contributed by atoms with Crippen LogP contribution in [-0.4, -0.2) is 0 Å². The Labute approximate surface area is 110 Å². The molecule has 0 bridgehead atoms. The van der Waals surface area contributed by atoms with Crippen molar-refractivity contribution < 1.29 is 17.1 Å². The van der Waals surface area contributed by atoms with Crippen molar-refractivity contribution in [2.24, 2.45) is 0 Å². The molecule has 86 valence electrons. The molecule has 4 nitrogen and oxygen atoms in total. The van der Waals surface area contributed by atoms with Crippen LogP contribution in [0.25, 0.3) is 10.0 Å². The largest absolute Gasteiger partial charge is 2.00 e. The van der Waals surface area contributed by atoms with Crippen LogP contribution in [0.1, 0.15) is 11.1 Å². The van der Waals surface area contributed by atoms with Crippen molar-refractivity contribution in [2.45, 2.75) is 0 Å². The molecule has 0 saturated heterocycles. The standard InChI is InChI=1S/2C6H4NO.Fe/c2*8-7-5-6-3-1-2-4-6;/h2*1-4H;/q2*-1;+2. The van der Waals surface area contributed by atoms with Crippen LogP contribution in [0.15, 0.2) is 48.5 Å². The van der Waals surface area contributed by atoms with Crippen LogP contribution in [0.5, 0.6) is 0 Å².